The normalized spacial score (nSPS) is 19.0. The highest BCUT2D eigenvalue weighted by Gasteiger charge is 2.45. The molecule has 13 heteroatoms. The SMILES string of the molecule is CCOc1ccc(-c2ccc(CN)cc2)cc1S(=O)(=O)N1CCC2(CC1)C[C@H](CC[C@H](O)COc1cccc(S(=O)(=O)COC)c1)CO2. The van der Waals surface area contributed by atoms with Crippen LogP contribution in [0.3, 0.4) is 0 Å². The minimum absolute atomic E-state index is 0.0310. The second-order valence-corrected chi connectivity index (χ2v) is 16.3. The molecule has 0 saturated carbocycles. The Morgan fingerprint density at radius 3 is 2.42 bits per heavy atom. The van der Waals surface area contributed by atoms with Crippen LogP contribution in [0.25, 0.3) is 11.1 Å². The number of methoxy groups -OCH3 is 1. The molecular formula is C35H46N2O9S2. The molecule has 48 heavy (non-hydrogen) atoms. The maximum Gasteiger partial charge on any atom is 0.246 e. The molecule has 0 unspecified atom stereocenters. The fraction of sp³-hybridized carbons (Fsp3) is 0.486. The summed E-state index contributed by atoms with van der Waals surface area (Å²) < 4.78 is 76.6. The smallest absolute Gasteiger partial charge is 0.246 e. The second-order valence-electron chi connectivity index (χ2n) is 12.5. The summed E-state index contributed by atoms with van der Waals surface area (Å²) in [7, 11) is -6.09. The largest absolute Gasteiger partial charge is 0.492 e. The van der Waals surface area contributed by atoms with Crippen LogP contribution < -0.4 is 15.2 Å². The Morgan fingerprint density at radius 2 is 1.73 bits per heavy atom. The van der Waals surface area contributed by atoms with E-state index < -0.39 is 31.9 Å². The Hall–Kier alpha value is -3.04. The highest BCUT2D eigenvalue weighted by Crippen LogP contribution is 2.42. The van der Waals surface area contributed by atoms with Crippen LogP contribution in [0.4, 0.5) is 0 Å². The van der Waals surface area contributed by atoms with Crippen molar-refractivity contribution in [1.82, 2.24) is 4.31 Å². The average Bonchev–Trinajstić information content (AvgIpc) is 3.48. The molecule has 2 aliphatic heterocycles. The van der Waals surface area contributed by atoms with Crippen LogP contribution in [-0.2, 0) is 35.9 Å². The second kappa shape index (κ2) is 15.7. The minimum atomic E-state index is -3.84. The maximum absolute atomic E-state index is 14.0. The van der Waals surface area contributed by atoms with Crippen LogP contribution in [0, 0.1) is 5.92 Å². The minimum Gasteiger partial charge on any atom is -0.492 e. The van der Waals surface area contributed by atoms with Gasteiger partial charge in [-0.15, -0.1) is 0 Å². The standard InChI is InChI=1S/C35H46N2O9S2/c1-3-44-33-14-12-29(28-10-7-26(22-36)8-11-28)19-34(33)48(41,42)37-17-15-35(16-18-37)21-27(23-46-35)9-13-30(38)24-45-31-5-4-6-32(20-31)47(39,40)25-43-2/h4-8,10-12,14,19-20,27,30,38H,3,9,13,15-18,21-25,36H2,1-2H3/t27-,30-/m0/s1. The lowest BCUT2D eigenvalue weighted by atomic mass is 9.84. The van der Waals surface area contributed by atoms with Gasteiger partial charge in [0.1, 0.15) is 23.0 Å². The summed E-state index contributed by atoms with van der Waals surface area (Å²) in [6.07, 6.45) is 2.46. The van der Waals surface area contributed by atoms with E-state index in [9.17, 15) is 21.9 Å². The van der Waals surface area contributed by atoms with E-state index in [1.165, 1.54) is 23.5 Å². The number of ether oxygens (including phenoxy) is 4. The molecule has 2 aliphatic rings. The molecule has 3 N–H and O–H groups in total. The topological polar surface area (TPSA) is 155 Å². The average molecular weight is 703 g/mol. The molecule has 2 heterocycles. The van der Waals surface area contributed by atoms with E-state index in [1.807, 2.05) is 37.3 Å². The Bertz CT molecular complexity index is 1740. The van der Waals surface area contributed by atoms with Gasteiger partial charge >= 0.3 is 0 Å². The summed E-state index contributed by atoms with van der Waals surface area (Å²) in [6.45, 7) is 3.88. The van der Waals surface area contributed by atoms with Crippen LogP contribution in [0.2, 0.25) is 0 Å². The van der Waals surface area contributed by atoms with Crippen molar-refractivity contribution < 1.29 is 40.9 Å². The quantitative estimate of drug-likeness (QED) is 0.233. The number of hydrogen-bond acceptors (Lipinski definition) is 10. The number of sulfone groups is 1. The van der Waals surface area contributed by atoms with E-state index in [1.54, 1.807) is 24.3 Å². The fourth-order valence-corrected chi connectivity index (χ4v) is 9.05. The van der Waals surface area contributed by atoms with Gasteiger partial charge in [-0.3, -0.25) is 0 Å². The van der Waals surface area contributed by atoms with E-state index in [4.69, 9.17) is 24.7 Å². The third-order valence-corrected chi connectivity index (χ3v) is 12.5. The number of sulfonamides is 1. The van der Waals surface area contributed by atoms with Crippen LogP contribution >= 0.6 is 0 Å². The molecule has 0 bridgehead atoms. The molecule has 1 spiro atoms. The molecule has 2 atom stereocenters. The molecule has 3 aromatic rings. The molecule has 2 fully saturated rings. The summed E-state index contributed by atoms with van der Waals surface area (Å²) in [5, 5.41) is 10.6. The third kappa shape index (κ3) is 8.57. The number of aliphatic hydroxyl groups is 1. The van der Waals surface area contributed by atoms with E-state index in [-0.39, 0.29) is 27.9 Å². The number of benzene rings is 3. The zero-order valence-corrected chi connectivity index (χ0v) is 29.2. The summed E-state index contributed by atoms with van der Waals surface area (Å²) in [5.74, 6) is 0.505. The van der Waals surface area contributed by atoms with Crippen molar-refractivity contribution in [1.29, 1.82) is 0 Å². The van der Waals surface area contributed by atoms with Gasteiger partial charge in [0, 0.05) is 26.7 Å². The van der Waals surface area contributed by atoms with E-state index >= 15 is 0 Å². The van der Waals surface area contributed by atoms with Gasteiger partial charge in [0.2, 0.25) is 19.9 Å². The van der Waals surface area contributed by atoms with Crippen molar-refractivity contribution in [2.45, 2.75) is 67.1 Å². The van der Waals surface area contributed by atoms with Gasteiger partial charge in [-0.1, -0.05) is 36.4 Å². The first kappa shape index (κ1) is 36.2. The van der Waals surface area contributed by atoms with Crippen molar-refractivity contribution in [2.24, 2.45) is 11.7 Å². The molecule has 0 aromatic heterocycles. The Labute approximate surface area is 283 Å². The van der Waals surface area contributed by atoms with Gasteiger partial charge in [-0.2, -0.15) is 4.31 Å². The highest BCUT2D eigenvalue weighted by molar-refractivity contribution is 7.91. The Morgan fingerprint density at radius 1 is 1.00 bits per heavy atom. The highest BCUT2D eigenvalue weighted by atomic mass is 32.2. The number of nitrogens with two attached hydrogens (primary N) is 1. The van der Waals surface area contributed by atoms with Gasteiger partial charge in [0.15, 0.2) is 5.94 Å². The molecule has 2 saturated heterocycles. The number of aliphatic hydroxyl groups excluding tert-OH is 1. The number of rotatable bonds is 15. The first-order valence-corrected chi connectivity index (χ1v) is 19.4. The van der Waals surface area contributed by atoms with Gasteiger partial charge in [-0.25, -0.2) is 16.8 Å². The lowest BCUT2D eigenvalue weighted by molar-refractivity contribution is -0.0314. The number of hydrogen-bond donors (Lipinski definition) is 2. The monoisotopic (exact) mass is 702 g/mol. The zero-order chi connectivity index (χ0) is 34.4. The summed E-state index contributed by atoms with van der Waals surface area (Å²) >= 11 is 0. The molecule has 11 nitrogen and oxygen atoms in total. The molecular weight excluding hydrogens is 657 g/mol. The molecule has 3 aromatic carbocycles. The van der Waals surface area contributed by atoms with Crippen LogP contribution in [0.15, 0.2) is 76.5 Å². The van der Waals surface area contributed by atoms with Gasteiger partial charge in [0.05, 0.1) is 29.8 Å². The molecule has 262 valence electrons. The summed E-state index contributed by atoms with van der Waals surface area (Å²) in [6, 6.07) is 19.2. The fourth-order valence-electron chi connectivity index (χ4n) is 6.43. The van der Waals surface area contributed by atoms with E-state index in [0.29, 0.717) is 63.6 Å². The summed E-state index contributed by atoms with van der Waals surface area (Å²) in [5.41, 5.74) is 8.03. The number of piperidine rings is 1. The van der Waals surface area contributed by atoms with E-state index in [2.05, 4.69) is 0 Å². The van der Waals surface area contributed by atoms with Crippen molar-refractivity contribution in [3.8, 4) is 22.6 Å². The first-order valence-electron chi connectivity index (χ1n) is 16.3. The van der Waals surface area contributed by atoms with Gasteiger partial charge < -0.3 is 29.8 Å². The van der Waals surface area contributed by atoms with Gasteiger partial charge in [0.25, 0.3) is 0 Å². The predicted molar refractivity (Wildman–Crippen MR) is 182 cm³/mol. The molecule has 5 rings (SSSR count). The predicted octanol–water partition coefficient (Wildman–Crippen LogP) is 4.37. The van der Waals surface area contributed by atoms with Crippen LogP contribution in [-0.4, -0.2) is 83.9 Å². The van der Waals surface area contributed by atoms with Crippen LogP contribution in [0.5, 0.6) is 11.5 Å². The van der Waals surface area contributed by atoms with E-state index in [0.717, 1.165) is 29.5 Å². The molecule has 0 radical (unpaired) electrons. The molecule has 0 aliphatic carbocycles. The third-order valence-electron chi connectivity index (χ3n) is 9.09. The first-order chi connectivity index (χ1) is 23.0. The van der Waals surface area contributed by atoms with Crippen molar-refractivity contribution in [3.05, 3.63) is 72.3 Å². The number of nitrogens with zero attached hydrogens (tertiary/aromatic N) is 1. The van der Waals surface area contributed by atoms with Crippen molar-refractivity contribution in [3.63, 3.8) is 0 Å². The Kier molecular flexibility index (Phi) is 11.8. The lowest BCUT2D eigenvalue weighted by Gasteiger charge is -2.38. The Balaban J connectivity index is 1.14. The maximum atomic E-state index is 14.0. The van der Waals surface area contributed by atoms with Crippen molar-refractivity contribution >= 4 is 19.9 Å². The summed E-state index contributed by atoms with van der Waals surface area (Å²) in [4.78, 5) is 0.256. The van der Waals surface area contributed by atoms with Crippen molar-refractivity contribution in [2.75, 3.05) is 46.0 Å². The van der Waals surface area contributed by atoms with Gasteiger partial charge in [-0.05, 0) is 92.0 Å². The zero-order valence-electron chi connectivity index (χ0n) is 27.5. The molecule has 0 amide bonds. The van der Waals surface area contributed by atoms with Crippen LogP contribution in [0.1, 0.15) is 44.6 Å². The lowest BCUT2D eigenvalue weighted by Crippen LogP contribution is -2.46.